The average Bonchev–Trinajstić information content (AvgIpc) is 1.89. The molecule has 0 saturated carbocycles. The van der Waals surface area contributed by atoms with Crippen LogP contribution in [-0.4, -0.2) is 22.5 Å². The molecule has 1 nitrogen and oxygen atoms in total. The summed E-state index contributed by atoms with van der Waals surface area (Å²) in [5.74, 6) is 0. The molecular weight excluding hydrogens is 140 g/mol. The van der Waals surface area contributed by atoms with Crippen molar-refractivity contribution in [2.75, 3.05) is 6.61 Å². The summed E-state index contributed by atoms with van der Waals surface area (Å²) in [6, 6.07) is 1.36. The SMILES string of the molecule is CCC(C)(C)OCCC[SiH3]. The highest BCUT2D eigenvalue weighted by Gasteiger charge is 2.13. The highest BCUT2D eigenvalue weighted by molar-refractivity contribution is 6.08. The number of ether oxygens (including phenoxy) is 1. The van der Waals surface area contributed by atoms with E-state index < -0.39 is 0 Å². The highest BCUT2D eigenvalue weighted by atomic mass is 28.1. The van der Waals surface area contributed by atoms with Crippen molar-refractivity contribution >= 4 is 10.2 Å². The predicted octanol–water partition coefficient (Wildman–Crippen LogP) is 1.37. The van der Waals surface area contributed by atoms with E-state index in [4.69, 9.17) is 4.74 Å². The Bertz CT molecular complexity index is 81.3. The van der Waals surface area contributed by atoms with Crippen LogP contribution in [0.15, 0.2) is 0 Å². The summed E-state index contributed by atoms with van der Waals surface area (Å²) in [4.78, 5) is 0. The van der Waals surface area contributed by atoms with Crippen molar-refractivity contribution < 1.29 is 4.74 Å². The van der Waals surface area contributed by atoms with Crippen LogP contribution in [0.3, 0.4) is 0 Å². The molecule has 2 heteroatoms. The smallest absolute Gasteiger partial charge is 0.0623 e. The van der Waals surface area contributed by atoms with Crippen LogP contribution >= 0.6 is 0 Å². The Morgan fingerprint density at radius 2 is 2.00 bits per heavy atom. The molecule has 0 spiro atoms. The molecule has 62 valence electrons. The Hall–Kier alpha value is 0.177. The Labute approximate surface area is 67.6 Å². The summed E-state index contributed by atoms with van der Waals surface area (Å²) in [5.41, 5.74) is 0.108. The molecule has 0 unspecified atom stereocenters. The van der Waals surface area contributed by atoms with E-state index in [1.807, 2.05) is 0 Å². The molecule has 0 amide bonds. The average molecular weight is 160 g/mol. The van der Waals surface area contributed by atoms with E-state index in [-0.39, 0.29) is 5.60 Å². The van der Waals surface area contributed by atoms with Gasteiger partial charge < -0.3 is 4.74 Å². The predicted molar refractivity (Wildman–Crippen MR) is 49.7 cm³/mol. The minimum absolute atomic E-state index is 0.108. The lowest BCUT2D eigenvalue weighted by molar-refractivity contribution is -0.0194. The third kappa shape index (κ3) is 5.00. The molecule has 0 aromatic rings. The van der Waals surface area contributed by atoms with Crippen LogP contribution in [-0.2, 0) is 4.74 Å². The van der Waals surface area contributed by atoms with E-state index in [2.05, 4.69) is 20.8 Å². The molecule has 0 aromatic heterocycles. The lowest BCUT2D eigenvalue weighted by Crippen LogP contribution is -2.23. The van der Waals surface area contributed by atoms with Gasteiger partial charge in [-0.15, -0.1) is 0 Å². The second-order valence-electron chi connectivity index (χ2n) is 3.32. The monoisotopic (exact) mass is 160 g/mol. The quantitative estimate of drug-likeness (QED) is 0.436. The molecular formula is C8H20OSi. The molecule has 0 radical (unpaired) electrons. The maximum atomic E-state index is 5.64. The van der Waals surface area contributed by atoms with Crippen LogP contribution in [0.5, 0.6) is 0 Å². The summed E-state index contributed by atoms with van der Waals surface area (Å²) in [6.45, 7) is 7.42. The molecule has 0 aliphatic heterocycles. The van der Waals surface area contributed by atoms with Gasteiger partial charge in [0.05, 0.1) is 5.60 Å². The highest BCUT2D eigenvalue weighted by Crippen LogP contribution is 2.13. The van der Waals surface area contributed by atoms with Crippen LogP contribution in [0, 0.1) is 0 Å². The van der Waals surface area contributed by atoms with Gasteiger partial charge in [-0.2, -0.15) is 0 Å². The largest absolute Gasteiger partial charge is 0.376 e. The second-order valence-corrected chi connectivity index (χ2v) is 4.32. The maximum absolute atomic E-state index is 5.64. The topological polar surface area (TPSA) is 9.23 Å². The van der Waals surface area contributed by atoms with Gasteiger partial charge in [0.1, 0.15) is 0 Å². The molecule has 0 heterocycles. The standard InChI is InChI=1S/C8H20OSi/c1-4-8(2,3)9-6-5-7-10/h4-7H2,1-3,10H3. The zero-order valence-corrected chi connectivity index (χ0v) is 9.74. The van der Waals surface area contributed by atoms with Crippen molar-refractivity contribution in [1.82, 2.24) is 0 Å². The third-order valence-electron chi connectivity index (χ3n) is 1.84. The van der Waals surface area contributed by atoms with Gasteiger partial charge in [0.15, 0.2) is 0 Å². The molecule has 0 aliphatic carbocycles. The van der Waals surface area contributed by atoms with E-state index >= 15 is 0 Å². The van der Waals surface area contributed by atoms with Gasteiger partial charge >= 0.3 is 0 Å². The molecule has 0 rings (SSSR count). The van der Waals surface area contributed by atoms with Crippen molar-refractivity contribution in [2.45, 2.75) is 45.3 Å². The minimum Gasteiger partial charge on any atom is -0.376 e. The summed E-state index contributed by atoms with van der Waals surface area (Å²) >= 11 is 0. The van der Waals surface area contributed by atoms with Gasteiger partial charge in [-0.1, -0.05) is 13.0 Å². The molecule has 0 aromatic carbocycles. The molecule has 0 fully saturated rings. The van der Waals surface area contributed by atoms with Crippen molar-refractivity contribution in [1.29, 1.82) is 0 Å². The number of rotatable bonds is 5. The van der Waals surface area contributed by atoms with Crippen molar-refractivity contribution in [3.8, 4) is 0 Å². The molecule has 0 N–H and O–H groups in total. The van der Waals surface area contributed by atoms with Gasteiger partial charge in [-0.05, 0) is 26.7 Å². The Kier molecular flexibility index (Phi) is 5.00. The summed E-state index contributed by atoms with van der Waals surface area (Å²) in [6.07, 6.45) is 2.35. The molecule has 0 atom stereocenters. The first-order valence-electron chi connectivity index (χ1n) is 4.26. The molecule has 0 bridgehead atoms. The van der Waals surface area contributed by atoms with Crippen LogP contribution in [0.1, 0.15) is 33.6 Å². The van der Waals surface area contributed by atoms with Gasteiger partial charge in [0.2, 0.25) is 0 Å². The van der Waals surface area contributed by atoms with Crippen molar-refractivity contribution in [3.05, 3.63) is 0 Å². The Morgan fingerprint density at radius 3 is 2.40 bits per heavy atom. The van der Waals surface area contributed by atoms with E-state index in [9.17, 15) is 0 Å². The fourth-order valence-electron chi connectivity index (χ4n) is 0.595. The van der Waals surface area contributed by atoms with E-state index in [1.165, 1.54) is 22.7 Å². The van der Waals surface area contributed by atoms with Crippen LogP contribution in [0.4, 0.5) is 0 Å². The fourth-order valence-corrected chi connectivity index (χ4v) is 0.884. The summed E-state index contributed by atoms with van der Waals surface area (Å²) in [5, 5.41) is 0. The van der Waals surface area contributed by atoms with Gasteiger partial charge in [0, 0.05) is 16.8 Å². The van der Waals surface area contributed by atoms with E-state index in [1.54, 1.807) is 0 Å². The van der Waals surface area contributed by atoms with Gasteiger partial charge in [-0.25, -0.2) is 0 Å². The van der Waals surface area contributed by atoms with Crippen molar-refractivity contribution in [2.24, 2.45) is 0 Å². The lowest BCUT2D eigenvalue weighted by atomic mass is 10.1. The van der Waals surface area contributed by atoms with Gasteiger partial charge in [-0.3, -0.25) is 0 Å². The lowest BCUT2D eigenvalue weighted by Gasteiger charge is -2.23. The Morgan fingerprint density at radius 1 is 1.40 bits per heavy atom. The molecule has 0 aliphatic rings. The zero-order chi connectivity index (χ0) is 8.04. The third-order valence-corrected chi connectivity index (χ3v) is 2.55. The second kappa shape index (κ2) is 4.91. The Balaban J connectivity index is 3.28. The minimum atomic E-state index is 0.108. The summed E-state index contributed by atoms with van der Waals surface area (Å²) in [7, 11) is 1.31. The first kappa shape index (κ1) is 10.2. The number of hydrogen-bond acceptors (Lipinski definition) is 1. The molecule has 0 saturated heterocycles. The van der Waals surface area contributed by atoms with Crippen molar-refractivity contribution in [3.63, 3.8) is 0 Å². The first-order chi connectivity index (χ1) is 4.62. The maximum Gasteiger partial charge on any atom is 0.0623 e. The zero-order valence-electron chi connectivity index (χ0n) is 7.74. The van der Waals surface area contributed by atoms with Crippen LogP contribution in [0.2, 0.25) is 6.04 Å². The van der Waals surface area contributed by atoms with Crippen LogP contribution < -0.4 is 0 Å². The normalized spacial score (nSPS) is 12.3. The van der Waals surface area contributed by atoms with E-state index in [0.717, 1.165) is 13.0 Å². The number of hydrogen-bond donors (Lipinski definition) is 0. The van der Waals surface area contributed by atoms with Crippen LogP contribution in [0.25, 0.3) is 0 Å². The first-order valence-corrected chi connectivity index (χ1v) is 5.67. The van der Waals surface area contributed by atoms with E-state index in [0.29, 0.717) is 0 Å². The van der Waals surface area contributed by atoms with Gasteiger partial charge in [0.25, 0.3) is 0 Å². The summed E-state index contributed by atoms with van der Waals surface area (Å²) < 4.78 is 5.64. The molecule has 10 heavy (non-hydrogen) atoms. The fraction of sp³-hybridized carbons (Fsp3) is 1.00.